The van der Waals surface area contributed by atoms with Crippen molar-refractivity contribution in [2.45, 2.75) is 10.9 Å². The monoisotopic (exact) mass is 472 g/mol. The molecule has 0 atom stereocenters. The molecular formula is C21H17ClN4O3S2. The highest BCUT2D eigenvalue weighted by Crippen LogP contribution is 2.31. The van der Waals surface area contributed by atoms with Crippen molar-refractivity contribution in [3.05, 3.63) is 71.6 Å². The molecule has 31 heavy (non-hydrogen) atoms. The minimum absolute atomic E-state index is 0.0966. The summed E-state index contributed by atoms with van der Waals surface area (Å²) in [4.78, 5) is 28.8. The molecule has 7 nitrogen and oxygen atoms in total. The van der Waals surface area contributed by atoms with Crippen LogP contribution in [0, 0.1) is 0 Å². The summed E-state index contributed by atoms with van der Waals surface area (Å²) in [5, 5.41) is 8.88. The number of rotatable bonds is 7. The third-order valence-corrected chi connectivity index (χ3v) is 6.47. The number of nitrogens with one attached hydrogen (secondary N) is 3. The molecule has 0 radical (unpaired) electrons. The zero-order valence-corrected chi connectivity index (χ0v) is 18.4. The van der Waals surface area contributed by atoms with Gasteiger partial charge in [-0.05, 0) is 48.5 Å². The molecule has 3 amide bonds. The molecule has 4 aromatic rings. The molecule has 2 aromatic heterocycles. The zero-order valence-electron chi connectivity index (χ0n) is 16.1. The van der Waals surface area contributed by atoms with Crippen molar-refractivity contribution in [1.82, 2.24) is 10.3 Å². The van der Waals surface area contributed by atoms with E-state index in [2.05, 4.69) is 20.9 Å². The molecule has 0 aliphatic heterocycles. The van der Waals surface area contributed by atoms with Crippen LogP contribution in [-0.2, 0) is 11.3 Å². The van der Waals surface area contributed by atoms with Crippen LogP contribution < -0.4 is 16.0 Å². The van der Waals surface area contributed by atoms with Gasteiger partial charge in [0.05, 0.1) is 28.8 Å². The summed E-state index contributed by atoms with van der Waals surface area (Å²) in [6, 6.07) is 15.6. The van der Waals surface area contributed by atoms with Crippen LogP contribution in [0.2, 0.25) is 5.02 Å². The smallest absolute Gasteiger partial charge is 0.323 e. The van der Waals surface area contributed by atoms with Gasteiger partial charge in [0.15, 0.2) is 4.34 Å². The Labute approximate surface area is 191 Å². The van der Waals surface area contributed by atoms with Gasteiger partial charge in [0.25, 0.3) is 0 Å². The molecule has 158 valence electrons. The maximum absolute atomic E-state index is 12.2. The van der Waals surface area contributed by atoms with Crippen molar-refractivity contribution >= 4 is 68.2 Å². The van der Waals surface area contributed by atoms with Crippen LogP contribution in [0.25, 0.3) is 10.2 Å². The van der Waals surface area contributed by atoms with Gasteiger partial charge in [0.2, 0.25) is 5.91 Å². The summed E-state index contributed by atoms with van der Waals surface area (Å²) in [6.07, 6.45) is 1.57. The summed E-state index contributed by atoms with van der Waals surface area (Å²) >= 11 is 8.77. The van der Waals surface area contributed by atoms with Crippen LogP contribution in [0.1, 0.15) is 5.76 Å². The second-order valence-electron chi connectivity index (χ2n) is 6.40. The summed E-state index contributed by atoms with van der Waals surface area (Å²) in [6.45, 7) is 0.360. The van der Waals surface area contributed by atoms with Crippen LogP contribution in [0.5, 0.6) is 0 Å². The van der Waals surface area contributed by atoms with Gasteiger partial charge in [0.1, 0.15) is 5.76 Å². The first kappa shape index (κ1) is 21.2. The Balaban J connectivity index is 1.32. The predicted octanol–water partition coefficient (Wildman–Crippen LogP) is 5.60. The van der Waals surface area contributed by atoms with E-state index in [1.54, 1.807) is 42.7 Å². The summed E-state index contributed by atoms with van der Waals surface area (Å²) in [7, 11) is 0. The lowest BCUT2D eigenvalue weighted by molar-refractivity contribution is -0.118. The molecule has 0 saturated carbocycles. The molecule has 0 aliphatic rings. The number of nitrogens with zero attached hydrogens (tertiary/aromatic N) is 1. The van der Waals surface area contributed by atoms with Gasteiger partial charge in [-0.25, -0.2) is 9.78 Å². The number of amides is 3. The molecule has 3 N–H and O–H groups in total. The summed E-state index contributed by atoms with van der Waals surface area (Å²) in [5.74, 6) is 0.867. The number of anilines is 2. The number of thiazole rings is 1. The third kappa shape index (κ3) is 6.00. The van der Waals surface area contributed by atoms with Gasteiger partial charge in [-0.3, -0.25) is 4.79 Å². The van der Waals surface area contributed by atoms with Crippen LogP contribution in [0.3, 0.4) is 0 Å². The van der Waals surface area contributed by atoms with E-state index in [1.165, 1.54) is 23.1 Å². The Bertz CT molecular complexity index is 1210. The number of hydrogen-bond donors (Lipinski definition) is 3. The third-order valence-electron chi connectivity index (χ3n) is 4.08. The van der Waals surface area contributed by atoms with Crippen molar-refractivity contribution in [1.29, 1.82) is 0 Å². The number of carbonyl (C=O) groups excluding carboxylic acids is 2. The normalized spacial score (nSPS) is 10.7. The number of halogens is 1. The number of aromatic nitrogens is 1. The Morgan fingerprint density at radius 2 is 1.90 bits per heavy atom. The maximum atomic E-state index is 12.2. The number of thioether (sulfide) groups is 1. The van der Waals surface area contributed by atoms with Gasteiger partial charge in [0, 0.05) is 16.4 Å². The number of furan rings is 1. The fourth-order valence-corrected chi connectivity index (χ4v) is 4.81. The van der Waals surface area contributed by atoms with Crippen molar-refractivity contribution in [2.24, 2.45) is 0 Å². The molecule has 0 unspecified atom stereocenters. The van der Waals surface area contributed by atoms with E-state index in [1.807, 2.05) is 18.2 Å². The van der Waals surface area contributed by atoms with E-state index >= 15 is 0 Å². The molecule has 2 heterocycles. The number of benzene rings is 2. The Hall–Kier alpha value is -3.01. The second kappa shape index (κ2) is 9.86. The first-order valence-corrected chi connectivity index (χ1v) is 11.4. The Morgan fingerprint density at radius 3 is 2.68 bits per heavy atom. The van der Waals surface area contributed by atoms with Gasteiger partial charge in [-0.15, -0.1) is 11.3 Å². The number of urea groups is 1. The average molecular weight is 473 g/mol. The van der Waals surface area contributed by atoms with Crippen molar-refractivity contribution < 1.29 is 14.0 Å². The van der Waals surface area contributed by atoms with E-state index in [9.17, 15) is 9.59 Å². The van der Waals surface area contributed by atoms with Gasteiger partial charge in [-0.1, -0.05) is 29.4 Å². The lowest BCUT2D eigenvalue weighted by atomic mass is 10.3. The molecule has 0 spiro atoms. The first-order valence-electron chi connectivity index (χ1n) is 9.21. The van der Waals surface area contributed by atoms with Crippen LogP contribution in [0.15, 0.2) is 69.6 Å². The van der Waals surface area contributed by atoms with Crippen LogP contribution >= 0.6 is 34.7 Å². The van der Waals surface area contributed by atoms with Crippen molar-refractivity contribution in [3.63, 3.8) is 0 Å². The van der Waals surface area contributed by atoms with Crippen molar-refractivity contribution in [2.75, 3.05) is 16.4 Å². The Morgan fingerprint density at radius 1 is 1.06 bits per heavy atom. The van der Waals surface area contributed by atoms with Crippen LogP contribution in [-0.4, -0.2) is 22.7 Å². The minimum Gasteiger partial charge on any atom is -0.467 e. The fraction of sp³-hybridized carbons (Fsp3) is 0.0952. The predicted molar refractivity (Wildman–Crippen MR) is 125 cm³/mol. The highest BCUT2D eigenvalue weighted by molar-refractivity contribution is 8.01. The standard InChI is InChI=1S/C21H17ClN4O3S2/c22-13-3-1-4-14(9-13)24-20(28)25-15-6-7-17-18(10-15)31-21(26-17)30-12-19(27)23-11-16-5-2-8-29-16/h1-10H,11-12H2,(H,23,27)(H2,24,25,28). The molecule has 0 bridgehead atoms. The van der Waals surface area contributed by atoms with Gasteiger partial charge in [-0.2, -0.15) is 0 Å². The van der Waals surface area contributed by atoms with E-state index in [0.717, 1.165) is 14.6 Å². The molecule has 0 saturated heterocycles. The number of carbonyl (C=O) groups is 2. The average Bonchev–Trinajstić information content (AvgIpc) is 3.40. The van der Waals surface area contributed by atoms with Crippen LogP contribution in [0.4, 0.5) is 16.2 Å². The lowest BCUT2D eigenvalue weighted by Gasteiger charge is -2.07. The van der Waals surface area contributed by atoms with E-state index in [0.29, 0.717) is 28.7 Å². The first-order chi connectivity index (χ1) is 15.0. The quantitative estimate of drug-likeness (QED) is 0.304. The van der Waals surface area contributed by atoms with Gasteiger partial charge >= 0.3 is 6.03 Å². The Kier molecular flexibility index (Phi) is 6.76. The van der Waals surface area contributed by atoms with Crippen molar-refractivity contribution in [3.8, 4) is 0 Å². The molecule has 10 heteroatoms. The zero-order chi connectivity index (χ0) is 21.6. The van der Waals surface area contributed by atoms with E-state index in [4.69, 9.17) is 16.0 Å². The molecule has 0 fully saturated rings. The second-order valence-corrected chi connectivity index (χ2v) is 9.09. The molecule has 4 rings (SSSR count). The van der Waals surface area contributed by atoms with Gasteiger partial charge < -0.3 is 20.4 Å². The largest absolute Gasteiger partial charge is 0.467 e. The lowest BCUT2D eigenvalue weighted by Crippen LogP contribution is -2.24. The minimum atomic E-state index is -0.367. The van der Waals surface area contributed by atoms with E-state index in [-0.39, 0.29) is 17.7 Å². The molecule has 2 aromatic carbocycles. The summed E-state index contributed by atoms with van der Waals surface area (Å²) in [5.41, 5.74) is 2.06. The summed E-state index contributed by atoms with van der Waals surface area (Å²) < 4.78 is 6.89. The number of hydrogen-bond acceptors (Lipinski definition) is 6. The molecular weight excluding hydrogens is 456 g/mol. The SMILES string of the molecule is O=C(CSc1nc2ccc(NC(=O)Nc3cccc(Cl)c3)cc2s1)NCc1ccco1. The number of fused-ring (bicyclic) bond motifs is 1. The highest BCUT2D eigenvalue weighted by atomic mass is 35.5. The maximum Gasteiger partial charge on any atom is 0.323 e. The molecule has 0 aliphatic carbocycles. The van der Waals surface area contributed by atoms with E-state index < -0.39 is 0 Å². The topological polar surface area (TPSA) is 96.3 Å². The highest BCUT2D eigenvalue weighted by Gasteiger charge is 2.10. The fourth-order valence-electron chi connectivity index (χ4n) is 2.68.